The number of hydrogen-bond donors (Lipinski definition) is 2. The van der Waals surface area contributed by atoms with Crippen LogP contribution in [0.25, 0.3) is 0 Å². The number of esters is 1. The number of carbonyl (C=O) groups excluding carboxylic acids is 2. The number of nitrogens with zero attached hydrogens (tertiary/aromatic N) is 2. The topological polar surface area (TPSA) is 110 Å². The number of aromatic nitrogens is 1. The van der Waals surface area contributed by atoms with Crippen molar-refractivity contribution in [3.63, 3.8) is 0 Å². The molecule has 1 saturated heterocycles. The smallest absolute Gasteiger partial charge is 0.308 e. The maximum absolute atomic E-state index is 12.8. The molecule has 0 aromatic carbocycles. The van der Waals surface area contributed by atoms with Crippen LogP contribution in [0.1, 0.15) is 56.2 Å². The second-order valence-corrected chi connectivity index (χ2v) is 9.21. The van der Waals surface area contributed by atoms with E-state index in [1.54, 1.807) is 12.0 Å². The van der Waals surface area contributed by atoms with Crippen LogP contribution in [0.4, 0.5) is 5.82 Å². The Bertz CT molecular complexity index is 820. The van der Waals surface area contributed by atoms with Crippen molar-refractivity contribution in [2.75, 3.05) is 52.4 Å². The van der Waals surface area contributed by atoms with Gasteiger partial charge in [0.15, 0.2) is 0 Å². The lowest BCUT2D eigenvalue weighted by molar-refractivity contribution is -0.170. The first-order chi connectivity index (χ1) is 16.4. The van der Waals surface area contributed by atoms with Gasteiger partial charge in [-0.05, 0) is 50.2 Å². The molecule has 9 heteroatoms. The summed E-state index contributed by atoms with van der Waals surface area (Å²) in [5.74, 6) is 0.586. The van der Waals surface area contributed by atoms with Crippen molar-refractivity contribution < 1.29 is 28.9 Å². The summed E-state index contributed by atoms with van der Waals surface area (Å²) in [5.41, 5.74) is 0.996. The Labute approximate surface area is 202 Å². The van der Waals surface area contributed by atoms with Gasteiger partial charge in [-0.25, -0.2) is 4.98 Å². The molecule has 1 amide bonds. The number of likely N-dealkylation sites (tertiary alicyclic amines) is 1. The fourth-order valence-electron chi connectivity index (χ4n) is 4.61. The molecule has 0 spiro atoms. The zero-order valence-corrected chi connectivity index (χ0v) is 20.5. The average molecular weight is 478 g/mol. The molecular formula is C25H39N3O6. The van der Waals surface area contributed by atoms with Gasteiger partial charge in [0.25, 0.3) is 0 Å². The number of hydrogen-bond acceptors (Lipinski definition) is 8. The zero-order valence-electron chi connectivity index (χ0n) is 20.5. The Balaban J connectivity index is 1.40. The van der Waals surface area contributed by atoms with E-state index in [0.29, 0.717) is 26.0 Å². The van der Waals surface area contributed by atoms with Crippen LogP contribution in [0.5, 0.6) is 0 Å². The predicted molar refractivity (Wildman–Crippen MR) is 128 cm³/mol. The van der Waals surface area contributed by atoms with E-state index in [2.05, 4.69) is 17.4 Å². The maximum atomic E-state index is 12.8. The zero-order chi connectivity index (χ0) is 24.4. The predicted octanol–water partition coefficient (Wildman–Crippen LogP) is 2.10. The number of pyridine rings is 1. The number of piperidine rings is 1. The van der Waals surface area contributed by atoms with Gasteiger partial charge in [-0.2, -0.15) is 0 Å². The standard InChI is InChI=1S/C25H39N3O6/c1-32-15-6-16-34-23(30)17-25(31)12-14-28(18-21(25)33-2)22(29)9-4-3-8-20-11-10-19-7-5-13-26-24(19)27-20/h10-11,21,31H,3-9,12-18H2,1-2H3,(H,26,27). The molecule has 3 rings (SSSR count). The molecule has 190 valence electrons. The number of ether oxygens (including phenoxy) is 3. The Kier molecular flexibility index (Phi) is 10.1. The molecule has 34 heavy (non-hydrogen) atoms. The number of aliphatic hydroxyl groups is 1. The average Bonchev–Trinajstić information content (AvgIpc) is 2.84. The lowest BCUT2D eigenvalue weighted by Gasteiger charge is -2.43. The Morgan fingerprint density at radius 1 is 1.24 bits per heavy atom. The third kappa shape index (κ3) is 7.38. The largest absolute Gasteiger partial charge is 0.466 e. The van der Waals surface area contributed by atoms with Gasteiger partial charge in [-0.15, -0.1) is 0 Å². The maximum Gasteiger partial charge on any atom is 0.308 e. The molecule has 2 unspecified atom stereocenters. The number of anilines is 1. The van der Waals surface area contributed by atoms with E-state index in [-0.39, 0.29) is 31.9 Å². The molecule has 1 fully saturated rings. The summed E-state index contributed by atoms with van der Waals surface area (Å²) in [6.45, 7) is 2.39. The molecule has 1 aromatic heterocycles. The Morgan fingerprint density at radius 2 is 2.09 bits per heavy atom. The highest BCUT2D eigenvalue weighted by Crippen LogP contribution is 2.29. The van der Waals surface area contributed by atoms with E-state index in [4.69, 9.17) is 19.2 Å². The van der Waals surface area contributed by atoms with Gasteiger partial charge in [0.1, 0.15) is 17.5 Å². The lowest BCUT2D eigenvalue weighted by atomic mass is 9.85. The molecule has 0 saturated carbocycles. The number of aryl methyl sites for hydroxylation is 2. The fourth-order valence-corrected chi connectivity index (χ4v) is 4.61. The SMILES string of the molecule is COCCCOC(=O)CC1(O)CCN(C(=O)CCCCc2ccc3c(n2)NCCC3)CC1OC. The minimum absolute atomic E-state index is 0.0475. The van der Waals surface area contributed by atoms with E-state index in [1.165, 1.54) is 12.7 Å². The van der Waals surface area contributed by atoms with Crippen molar-refractivity contribution in [1.82, 2.24) is 9.88 Å². The Morgan fingerprint density at radius 3 is 2.88 bits per heavy atom. The summed E-state index contributed by atoms with van der Waals surface area (Å²) >= 11 is 0. The molecule has 0 bridgehead atoms. The third-order valence-electron chi connectivity index (χ3n) is 6.67. The Hall–Kier alpha value is -2.23. The minimum Gasteiger partial charge on any atom is -0.466 e. The first-order valence-electron chi connectivity index (χ1n) is 12.4. The van der Waals surface area contributed by atoms with Crippen molar-refractivity contribution in [1.29, 1.82) is 0 Å². The molecule has 0 radical (unpaired) electrons. The monoisotopic (exact) mass is 477 g/mol. The van der Waals surface area contributed by atoms with Crippen molar-refractivity contribution in [2.45, 2.75) is 69.5 Å². The van der Waals surface area contributed by atoms with E-state index in [0.717, 1.165) is 50.2 Å². The summed E-state index contributed by atoms with van der Waals surface area (Å²) in [7, 11) is 3.08. The summed E-state index contributed by atoms with van der Waals surface area (Å²) in [6, 6.07) is 4.25. The molecule has 2 aliphatic heterocycles. The number of carbonyl (C=O) groups is 2. The second-order valence-electron chi connectivity index (χ2n) is 9.21. The molecule has 9 nitrogen and oxygen atoms in total. The van der Waals surface area contributed by atoms with Crippen molar-refractivity contribution >= 4 is 17.7 Å². The second kappa shape index (κ2) is 13.0. The van der Waals surface area contributed by atoms with Gasteiger partial charge in [0.2, 0.25) is 5.91 Å². The molecule has 3 heterocycles. The first kappa shape index (κ1) is 26.4. The van der Waals surface area contributed by atoms with Gasteiger partial charge in [0.05, 0.1) is 13.0 Å². The summed E-state index contributed by atoms with van der Waals surface area (Å²) in [5, 5.41) is 14.4. The number of rotatable bonds is 12. The molecule has 0 aliphatic carbocycles. The van der Waals surface area contributed by atoms with Crippen LogP contribution in [-0.2, 0) is 36.6 Å². The van der Waals surface area contributed by atoms with Crippen LogP contribution in [0, 0.1) is 0 Å². The molecular weight excluding hydrogens is 438 g/mol. The van der Waals surface area contributed by atoms with E-state index in [9.17, 15) is 14.7 Å². The minimum atomic E-state index is -1.34. The van der Waals surface area contributed by atoms with Crippen molar-refractivity contribution in [3.8, 4) is 0 Å². The third-order valence-corrected chi connectivity index (χ3v) is 6.67. The van der Waals surface area contributed by atoms with Crippen molar-refractivity contribution in [3.05, 3.63) is 23.4 Å². The number of fused-ring (bicyclic) bond motifs is 1. The van der Waals surface area contributed by atoms with Gasteiger partial charge in [-0.1, -0.05) is 6.07 Å². The highest BCUT2D eigenvalue weighted by atomic mass is 16.5. The van der Waals surface area contributed by atoms with E-state index in [1.807, 2.05) is 0 Å². The van der Waals surface area contributed by atoms with Crippen LogP contribution < -0.4 is 5.32 Å². The van der Waals surface area contributed by atoms with E-state index >= 15 is 0 Å². The van der Waals surface area contributed by atoms with Gasteiger partial charge < -0.3 is 29.5 Å². The van der Waals surface area contributed by atoms with Crippen LogP contribution in [0.15, 0.2) is 12.1 Å². The molecule has 1 aromatic rings. The number of unbranched alkanes of at least 4 members (excludes halogenated alkanes) is 1. The van der Waals surface area contributed by atoms with Crippen LogP contribution in [-0.4, -0.2) is 85.6 Å². The van der Waals surface area contributed by atoms with E-state index < -0.39 is 17.7 Å². The lowest BCUT2D eigenvalue weighted by Crippen LogP contribution is -2.58. The molecule has 2 aliphatic rings. The normalized spacial score (nSPS) is 22.1. The summed E-state index contributed by atoms with van der Waals surface area (Å²) in [4.78, 5) is 31.4. The quantitative estimate of drug-likeness (QED) is 0.348. The number of amides is 1. The highest BCUT2D eigenvalue weighted by molar-refractivity contribution is 5.76. The summed E-state index contributed by atoms with van der Waals surface area (Å²) in [6.07, 6.45) is 5.27. The van der Waals surface area contributed by atoms with Gasteiger partial charge >= 0.3 is 5.97 Å². The molecule has 2 N–H and O–H groups in total. The number of nitrogens with one attached hydrogen (secondary N) is 1. The van der Waals surface area contributed by atoms with Gasteiger partial charge in [0, 0.05) is 59.0 Å². The van der Waals surface area contributed by atoms with Crippen molar-refractivity contribution in [2.24, 2.45) is 0 Å². The number of methoxy groups -OCH3 is 2. The van der Waals surface area contributed by atoms with Crippen LogP contribution in [0.3, 0.4) is 0 Å². The first-order valence-corrected chi connectivity index (χ1v) is 12.4. The van der Waals surface area contributed by atoms with Gasteiger partial charge in [-0.3, -0.25) is 9.59 Å². The molecule has 2 atom stereocenters. The van der Waals surface area contributed by atoms with Crippen LogP contribution >= 0.6 is 0 Å². The highest BCUT2D eigenvalue weighted by Gasteiger charge is 2.44. The van der Waals surface area contributed by atoms with Crippen LogP contribution in [0.2, 0.25) is 0 Å². The summed E-state index contributed by atoms with van der Waals surface area (Å²) < 4.78 is 15.6. The fraction of sp³-hybridized carbons (Fsp3) is 0.720.